The van der Waals surface area contributed by atoms with Crippen LogP contribution >= 0.6 is 0 Å². The number of amides is 1. The van der Waals surface area contributed by atoms with Crippen molar-refractivity contribution in [2.75, 3.05) is 13.2 Å². The van der Waals surface area contributed by atoms with Gasteiger partial charge in [-0.15, -0.1) is 0 Å². The van der Waals surface area contributed by atoms with E-state index in [-0.39, 0.29) is 5.91 Å². The highest BCUT2D eigenvalue weighted by atomic mass is 16.2. The van der Waals surface area contributed by atoms with Gasteiger partial charge < -0.3 is 4.90 Å². The Morgan fingerprint density at radius 3 is 2.46 bits per heavy atom. The Bertz CT molecular complexity index is 231. The zero-order valence-electron chi connectivity index (χ0n) is 8.29. The minimum Gasteiger partial charge on any atom is -0.320 e. The molecular formula is C10H16N2O. The zero-order chi connectivity index (χ0) is 10.3. The van der Waals surface area contributed by atoms with E-state index >= 15 is 0 Å². The molecule has 0 radical (unpaired) electrons. The number of hydrogen-bond acceptors (Lipinski definition) is 2. The van der Waals surface area contributed by atoms with Gasteiger partial charge in [-0.25, -0.2) is 0 Å². The fourth-order valence-corrected chi connectivity index (χ4v) is 0.716. The molecule has 3 heteroatoms. The van der Waals surface area contributed by atoms with E-state index in [1.54, 1.807) is 11.0 Å². The van der Waals surface area contributed by atoms with Crippen LogP contribution in [-0.4, -0.2) is 29.7 Å². The second-order valence-electron chi connectivity index (χ2n) is 2.54. The topological polar surface area (TPSA) is 32.7 Å². The summed E-state index contributed by atoms with van der Waals surface area (Å²) in [5.74, 6) is -0.0943. The second-order valence-corrected chi connectivity index (χ2v) is 2.54. The lowest BCUT2D eigenvalue weighted by atomic mass is 10.4. The number of carbonyl (C=O) groups excluding carboxylic acids is 1. The van der Waals surface area contributed by atoms with E-state index in [9.17, 15) is 4.79 Å². The molecule has 0 N–H and O–H groups in total. The molecule has 0 aromatic carbocycles. The summed E-state index contributed by atoms with van der Waals surface area (Å²) in [6.07, 6.45) is 2.95. The molecule has 0 aromatic heterocycles. The minimum absolute atomic E-state index is 0.0943. The van der Waals surface area contributed by atoms with Gasteiger partial charge in [0.1, 0.15) is 6.67 Å². The van der Waals surface area contributed by atoms with Gasteiger partial charge >= 0.3 is 0 Å². The summed E-state index contributed by atoms with van der Waals surface area (Å²) in [5, 5.41) is 0. The summed E-state index contributed by atoms with van der Waals surface area (Å²) in [6.45, 7) is 11.8. The maximum atomic E-state index is 11.2. The molecule has 0 aliphatic rings. The fourth-order valence-electron chi connectivity index (χ4n) is 0.716. The Hall–Kier alpha value is -1.38. The van der Waals surface area contributed by atoms with E-state index in [0.29, 0.717) is 13.2 Å². The molecule has 13 heavy (non-hydrogen) atoms. The van der Waals surface area contributed by atoms with Crippen LogP contribution in [0.1, 0.15) is 13.8 Å². The Kier molecular flexibility index (Phi) is 5.52. The summed E-state index contributed by atoms with van der Waals surface area (Å²) in [4.78, 5) is 16.9. The number of aliphatic imine (C=N–C) groups is 1. The van der Waals surface area contributed by atoms with Crippen molar-refractivity contribution in [3.8, 4) is 0 Å². The molecule has 0 aliphatic heterocycles. The number of carbonyl (C=O) groups is 1. The van der Waals surface area contributed by atoms with Crippen molar-refractivity contribution < 1.29 is 4.79 Å². The fraction of sp³-hybridized carbons (Fsp3) is 0.400. The second kappa shape index (κ2) is 6.17. The molecule has 72 valence electrons. The third-order valence-electron chi connectivity index (χ3n) is 1.65. The first-order chi connectivity index (χ1) is 6.15. The number of rotatable bonds is 5. The predicted octanol–water partition coefficient (Wildman–Crippen LogP) is 1.63. The summed E-state index contributed by atoms with van der Waals surface area (Å²) in [6, 6.07) is 0. The molecule has 0 heterocycles. The van der Waals surface area contributed by atoms with Crippen molar-refractivity contribution in [2.45, 2.75) is 13.8 Å². The molecule has 1 amide bonds. The maximum Gasteiger partial charge on any atom is 0.247 e. The highest BCUT2D eigenvalue weighted by Gasteiger charge is 2.04. The third kappa shape index (κ3) is 4.25. The highest BCUT2D eigenvalue weighted by Crippen LogP contribution is 1.92. The number of likely N-dealkylation sites (N-methyl/N-ethyl adjacent to an activating group) is 1. The molecular weight excluding hydrogens is 164 g/mol. The predicted molar refractivity (Wildman–Crippen MR) is 55.8 cm³/mol. The quantitative estimate of drug-likeness (QED) is 0.467. The monoisotopic (exact) mass is 180 g/mol. The van der Waals surface area contributed by atoms with E-state index in [1.165, 1.54) is 6.08 Å². The van der Waals surface area contributed by atoms with Gasteiger partial charge in [0.05, 0.1) is 0 Å². The van der Waals surface area contributed by atoms with Crippen molar-refractivity contribution in [3.05, 3.63) is 25.3 Å². The molecule has 0 spiro atoms. The van der Waals surface area contributed by atoms with Crippen LogP contribution in [0.3, 0.4) is 0 Å². The average Bonchev–Trinajstić information content (AvgIpc) is 2.17. The number of hydrogen-bond donors (Lipinski definition) is 0. The van der Waals surface area contributed by atoms with Crippen LogP contribution in [0.2, 0.25) is 0 Å². The van der Waals surface area contributed by atoms with Gasteiger partial charge in [0.2, 0.25) is 5.91 Å². The van der Waals surface area contributed by atoms with Crippen molar-refractivity contribution in [2.24, 2.45) is 4.99 Å². The molecule has 0 saturated carbocycles. The van der Waals surface area contributed by atoms with E-state index in [1.807, 2.05) is 13.8 Å². The summed E-state index contributed by atoms with van der Waals surface area (Å²) >= 11 is 0. The van der Waals surface area contributed by atoms with Crippen LogP contribution in [-0.2, 0) is 4.79 Å². The van der Waals surface area contributed by atoms with Crippen LogP contribution in [0.15, 0.2) is 30.3 Å². The third-order valence-corrected chi connectivity index (χ3v) is 1.65. The van der Waals surface area contributed by atoms with E-state index in [4.69, 9.17) is 0 Å². The summed E-state index contributed by atoms with van der Waals surface area (Å²) in [5.41, 5.74) is 0.829. The van der Waals surface area contributed by atoms with Crippen molar-refractivity contribution >= 4 is 11.6 Å². The van der Waals surface area contributed by atoms with Crippen molar-refractivity contribution in [1.82, 2.24) is 4.90 Å². The van der Waals surface area contributed by atoms with Gasteiger partial charge in [-0.1, -0.05) is 13.2 Å². The van der Waals surface area contributed by atoms with Gasteiger partial charge in [-0.3, -0.25) is 9.79 Å². The first kappa shape index (κ1) is 11.6. The molecule has 0 rings (SSSR count). The van der Waals surface area contributed by atoms with E-state index in [2.05, 4.69) is 18.2 Å². The lowest BCUT2D eigenvalue weighted by molar-refractivity contribution is -0.125. The minimum atomic E-state index is -0.0943. The lowest BCUT2D eigenvalue weighted by Crippen LogP contribution is -2.29. The first-order valence-electron chi connectivity index (χ1n) is 4.20. The van der Waals surface area contributed by atoms with Crippen LogP contribution in [0, 0.1) is 0 Å². The van der Waals surface area contributed by atoms with E-state index in [0.717, 1.165) is 5.71 Å². The molecule has 0 unspecified atom stereocenters. The maximum absolute atomic E-state index is 11.2. The van der Waals surface area contributed by atoms with Crippen LogP contribution in [0.25, 0.3) is 0 Å². The van der Waals surface area contributed by atoms with Gasteiger partial charge in [0, 0.05) is 12.3 Å². The molecule has 0 aromatic rings. The molecule has 0 atom stereocenters. The average molecular weight is 180 g/mol. The first-order valence-corrected chi connectivity index (χ1v) is 4.20. The summed E-state index contributed by atoms with van der Waals surface area (Å²) < 4.78 is 0. The van der Waals surface area contributed by atoms with Crippen molar-refractivity contribution in [3.63, 3.8) is 0 Å². The normalized spacial score (nSPS) is 10.8. The Labute approximate surface area is 79.5 Å². The zero-order valence-corrected chi connectivity index (χ0v) is 8.29. The lowest BCUT2D eigenvalue weighted by Gasteiger charge is -2.16. The van der Waals surface area contributed by atoms with Crippen molar-refractivity contribution in [1.29, 1.82) is 0 Å². The Morgan fingerprint density at radius 2 is 2.08 bits per heavy atom. The van der Waals surface area contributed by atoms with Crippen LogP contribution < -0.4 is 0 Å². The van der Waals surface area contributed by atoms with Gasteiger partial charge in [0.15, 0.2) is 0 Å². The van der Waals surface area contributed by atoms with Gasteiger partial charge in [-0.05, 0) is 26.0 Å². The molecule has 0 fully saturated rings. The van der Waals surface area contributed by atoms with Gasteiger partial charge in [0.25, 0.3) is 0 Å². The Morgan fingerprint density at radius 1 is 1.46 bits per heavy atom. The molecule has 0 saturated heterocycles. The van der Waals surface area contributed by atoms with Crippen LogP contribution in [0.5, 0.6) is 0 Å². The van der Waals surface area contributed by atoms with Crippen LogP contribution in [0.4, 0.5) is 0 Å². The number of allylic oxidation sites excluding steroid dienone is 1. The smallest absolute Gasteiger partial charge is 0.247 e. The Balaban J connectivity index is 4.21. The standard InChI is InChI=1S/C10H16N2O/c1-5-9(4)11-8-12(7-3)10(13)6-2/h5-6H,1-2,7-8H2,3-4H3. The largest absolute Gasteiger partial charge is 0.320 e. The molecule has 0 aliphatic carbocycles. The SMILES string of the molecule is C=CC(=O)N(CC)CN=C(C)C=C. The highest BCUT2D eigenvalue weighted by molar-refractivity contribution is 5.92. The van der Waals surface area contributed by atoms with E-state index < -0.39 is 0 Å². The molecule has 0 bridgehead atoms. The number of nitrogens with zero attached hydrogens (tertiary/aromatic N) is 2. The summed E-state index contributed by atoms with van der Waals surface area (Å²) in [7, 11) is 0. The van der Waals surface area contributed by atoms with Gasteiger partial charge in [-0.2, -0.15) is 0 Å². The molecule has 3 nitrogen and oxygen atoms in total.